The van der Waals surface area contributed by atoms with Gasteiger partial charge in [0.1, 0.15) is 0 Å². The van der Waals surface area contributed by atoms with Crippen LogP contribution in [0.25, 0.3) is 0 Å². The van der Waals surface area contributed by atoms with Crippen LogP contribution in [0.4, 0.5) is 5.69 Å². The van der Waals surface area contributed by atoms with Gasteiger partial charge in [-0.3, -0.25) is 19.9 Å². The standard InChI is InChI=1S/C17H15N3O3/c1-10-13(9-18)16(11-5-7-12(8-6-11)20(22)23)17-14(19-10)3-2-4-15(17)21/h5-8,13,16H,2-4H2,1H3/t13?,16-/m0/s1. The molecule has 0 amide bonds. The van der Waals surface area contributed by atoms with E-state index in [0.717, 1.165) is 24.1 Å². The van der Waals surface area contributed by atoms with Crippen molar-refractivity contribution in [3.8, 4) is 6.07 Å². The van der Waals surface area contributed by atoms with E-state index in [2.05, 4.69) is 11.1 Å². The van der Waals surface area contributed by atoms with Crippen molar-refractivity contribution in [3.63, 3.8) is 0 Å². The van der Waals surface area contributed by atoms with Crippen LogP contribution in [0.15, 0.2) is 40.5 Å². The number of aliphatic imine (C=N–C) groups is 1. The molecule has 2 aliphatic rings. The lowest BCUT2D eigenvalue weighted by atomic mass is 9.72. The lowest BCUT2D eigenvalue weighted by Gasteiger charge is -2.32. The Morgan fingerprint density at radius 1 is 1.30 bits per heavy atom. The summed E-state index contributed by atoms with van der Waals surface area (Å²) in [5.41, 5.74) is 2.83. The molecule has 0 saturated heterocycles. The SMILES string of the molecule is CC1=NC2=C(C(=O)CCC2)[C@@H](c2ccc([N+](=O)[O-])cc2)C1C#N. The average Bonchev–Trinajstić information content (AvgIpc) is 2.54. The van der Waals surface area contributed by atoms with Crippen molar-refractivity contribution in [2.75, 3.05) is 0 Å². The average molecular weight is 309 g/mol. The minimum atomic E-state index is -0.516. The minimum absolute atomic E-state index is 0.00682. The molecule has 0 fully saturated rings. The molecule has 6 heteroatoms. The molecule has 0 radical (unpaired) electrons. The van der Waals surface area contributed by atoms with E-state index in [9.17, 15) is 20.2 Å². The maximum atomic E-state index is 12.4. The number of rotatable bonds is 2. The third kappa shape index (κ3) is 2.55. The second-order valence-corrected chi connectivity index (χ2v) is 5.82. The number of ketones is 1. The smallest absolute Gasteiger partial charge is 0.269 e. The van der Waals surface area contributed by atoms with Crippen LogP contribution in [-0.4, -0.2) is 16.4 Å². The third-order valence-corrected chi connectivity index (χ3v) is 4.44. The fourth-order valence-electron chi connectivity index (χ4n) is 3.34. The number of benzene rings is 1. The highest BCUT2D eigenvalue weighted by Crippen LogP contribution is 2.43. The molecule has 3 rings (SSSR count). The van der Waals surface area contributed by atoms with Crippen LogP contribution in [0.1, 0.15) is 37.7 Å². The first-order valence-corrected chi connectivity index (χ1v) is 7.48. The summed E-state index contributed by atoms with van der Waals surface area (Å²) in [6.45, 7) is 1.80. The summed E-state index contributed by atoms with van der Waals surface area (Å²) in [6, 6.07) is 8.35. The van der Waals surface area contributed by atoms with Crippen LogP contribution in [0.2, 0.25) is 0 Å². The number of carbonyl (C=O) groups excluding carboxylic acids is 1. The van der Waals surface area contributed by atoms with Crippen LogP contribution < -0.4 is 0 Å². The molecular weight excluding hydrogens is 294 g/mol. The van der Waals surface area contributed by atoms with Gasteiger partial charge in [-0.2, -0.15) is 5.26 Å². The Labute approximate surface area is 133 Å². The summed E-state index contributed by atoms with van der Waals surface area (Å²) in [5.74, 6) is -0.871. The second-order valence-electron chi connectivity index (χ2n) is 5.82. The summed E-state index contributed by atoms with van der Waals surface area (Å²) in [4.78, 5) is 27.2. The normalized spacial score (nSPS) is 23.8. The number of hydrogen-bond acceptors (Lipinski definition) is 5. The van der Waals surface area contributed by atoms with Crippen molar-refractivity contribution in [2.24, 2.45) is 10.9 Å². The van der Waals surface area contributed by atoms with Crippen molar-refractivity contribution in [1.82, 2.24) is 0 Å². The number of non-ortho nitro benzene ring substituents is 1. The monoisotopic (exact) mass is 309 g/mol. The minimum Gasteiger partial charge on any atom is -0.294 e. The van der Waals surface area contributed by atoms with Crippen LogP contribution in [0, 0.1) is 27.4 Å². The van der Waals surface area contributed by atoms with Gasteiger partial charge in [0.2, 0.25) is 0 Å². The predicted molar refractivity (Wildman–Crippen MR) is 83.9 cm³/mol. The molecule has 1 aliphatic carbocycles. The number of nitro groups is 1. The van der Waals surface area contributed by atoms with E-state index in [4.69, 9.17) is 0 Å². The highest BCUT2D eigenvalue weighted by Gasteiger charge is 2.38. The molecule has 6 nitrogen and oxygen atoms in total. The maximum Gasteiger partial charge on any atom is 0.269 e. The van der Waals surface area contributed by atoms with Crippen molar-refractivity contribution in [3.05, 3.63) is 51.2 Å². The van der Waals surface area contributed by atoms with Crippen LogP contribution in [0.3, 0.4) is 0 Å². The molecule has 1 aromatic carbocycles. The van der Waals surface area contributed by atoms with Gasteiger partial charge in [0, 0.05) is 41.5 Å². The Morgan fingerprint density at radius 2 is 2.00 bits per heavy atom. The van der Waals surface area contributed by atoms with Gasteiger partial charge in [-0.05, 0) is 25.3 Å². The molecule has 1 heterocycles. The number of nitriles is 1. The van der Waals surface area contributed by atoms with Gasteiger partial charge < -0.3 is 0 Å². The highest BCUT2D eigenvalue weighted by atomic mass is 16.6. The van der Waals surface area contributed by atoms with E-state index < -0.39 is 10.8 Å². The molecule has 0 N–H and O–H groups in total. The van der Waals surface area contributed by atoms with Crippen molar-refractivity contribution < 1.29 is 9.72 Å². The van der Waals surface area contributed by atoms with Gasteiger partial charge in [-0.25, -0.2) is 0 Å². The predicted octanol–water partition coefficient (Wildman–Crippen LogP) is 3.30. The zero-order valence-corrected chi connectivity index (χ0v) is 12.7. The van der Waals surface area contributed by atoms with Crippen LogP contribution >= 0.6 is 0 Å². The van der Waals surface area contributed by atoms with Crippen molar-refractivity contribution >= 4 is 17.2 Å². The first-order valence-electron chi connectivity index (χ1n) is 7.48. The molecule has 116 valence electrons. The Kier molecular flexibility index (Phi) is 3.78. The number of hydrogen-bond donors (Lipinski definition) is 0. The summed E-state index contributed by atoms with van der Waals surface area (Å²) in [6.07, 6.45) is 1.98. The Morgan fingerprint density at radius 3 is 2.61 bits per heavy atom. The Bertz CT molecular complexity index is 784. The molecule has 0 aromatic heterocycles. The van der Waals surface area contributed by atoms with Crippen LogP contribution in [-0.2, 0) is 4.79 Å². The first kappa shape index (κ1) is 15.1. The molecule has 1 aromatic rings. The van der Waals surface area contributed by atoms with E-state index in [0.29, 0.717) is 17.7 Å². The Balaban J connectivity index is 2.12. The molecular formula is C17H15N3O3. The lowest BCUT2D eigenvalue weighted by molar-refractivity contribution is -0.384. The van der Waals surface area contributed by atoms with Crippen LogP contribution in [0.5, 0.6) is 0 Å². The van der Waals surface area contributed by atoms with Gasteiger partial charge in [0.15, 0.2) is 5.78 Å². The number of nitro benzene ring substituents is 1. The zero-order valence-electron chi connectivity index (χ0n) is 12.7. The van der Waals surface area contributed by atoms with E-state index in [1.807, 2.05) is 0 Å². The number of allylic oxidation sites excluding steroid dienone is 2. The summed E-state index contributed by atoms with van der Waals surface area (Å²) < 4.78 is 0. The fourth-order valence-corrected chi connectivity index (χ4v) is 3.34. The van der Waals surface area contributed by atoms with E-state index in [1.54, 1.807) is 19.1 Å². The second kappa shape index (κ2) is 5.76. The lowest BCUT2D eigenvalue weighted by Crippen LogP contribution is -2.30. The number of nitrogens with zero attached hydrogens (tertiary/aromatic N) is 3. The van der Waals surface area contributed by atoms with Gasteiger partial charge in [-0.1, -0.05) is 12.1 Å². The quantitative estimate of drug-likeness (QED) is 0.618. The van der Waals surface area contributed by atoms with E-state index >= 15 is 0 Å². The number of carbonyl (C=O) groups is 1. The molecule has 1 aliphatic heterocycles. The molecule has 1 unspecified atom stereocenters. The topological polar surface area (TPSA) is 96.4 Å². The zero-order chi connectivity index (χ0) is 16.6. The van der Waals surface area contributed by atoms with E-state index in [-0.39, 0.29) is 17.4 Å². The van der Waals surface area contributed by atoms with Gasteiger partial charge in [0.25, 0.3) is 5.69 Å². The molecule has 0 spiro atoms. The van der Waals surface area contributed by atoms with Gasteiger partial charge >= 0.3 is 0 Å². The molecule has 2 atom stereocenters. The third-order valence-electron chi connectivity index (χ3n) is 4.44. The maximum absolute atomic E-state index is 12.4. The molecule has 23 heavy (non-hydrogen) atoms. The summed E-state index contributed by atoms with van der Waals surface area (Å²) >= 11 is 0. The first-order chi connectivity index (χ1) is 11.0. The Hall–Kier alpha value is -2.81. The molecule has 0 saturated carbocycles. The molecule has 0 bridgehead atoms. The van der Waals surface area contributed by atoms with Gasteiger partial charge in [-0.15, -0.1) is 0 Å². The highest BCUT2D eigenvalue weighted by molar-refractivity contribution is 6.02. The fraction of sp³-hybridized carbons (Fsp3) is 0.353. The van der Waals surface area contributed by atoms with Crippen molar-refractivity contribution in [2.45, 2.75) is 32.1 Å². The van der Waals surface area contributed by atoms with E-state index in [1.165, 1.54) is 12.1 Å². The number of Topliss-reactive ketones (excluding diaryl/α,β-unsaturated/α-hetero) is 1. The van der Waals surface area contributed by atoms with Gasteiger partial charge in [0.05, 0.1) is 16.9 Å². The largest absolute Gasteiger partial charge is 0.294 e. The summed E-state index contributed by atoms with van der Waals surface area (Å²) in [7, 11) is 0. The summed E-state index contributed by atoms with van der Waals surface area (Å²) in [5, 5.41) is 20.4. The van der Waals surface area contributed by atoms with Crippen molar-refractivity contribution in [1.29, 1.82) is 5.26 Å².